The number of carbonyl (C=O) groups excluding carboxylic acids is 1. The predicted octanol–water partition coefficient (Wildman–Crippen LogP) is 0.683. The molecular weight excluding hydrogens is 232 g/mol. The molecule has 1 aliphatic carbocycles. The minimum absolute atomic E-state index is 0.0647. The van der Waals surface area contributed by atoms with Crippen molar-refractivity contribution in [1.29, 1.82) is 0 Å². The first-order valence-corrected chi connectivity index (χ1v) is 6.76. The molecule has 1 saturated heterocycles. The summed E-state index contributed by atoms with van der Waals surface area (Å²) >= 11 is 0. The molecule has 1 saturated carbocycles. The molecule has 0 aromatic carbocycles. The van der Waals surface area contributed by atoms with E-state index >= 15 is 0 Å². The van der Waals surface area contributed by atoms with Crippen molar-refractivity contribution in [2.24, 2.45) is 23.5 Å². The van der Waals surface area contributed by atoms with Crippen molar-refractivity contribution in [3.63, 3.8) is 0 Å². The Morgan fingerprint density at radius 3 is 2.56 bits per heavy atom. The number of aliphatic carboxylic acids is 1. The zero-order chi connectivity index (χ0) is 13.3. The van der Waals surface area contributed by atoms with Gasteiger partial charge in [-0.2, -0.15) is 0 Å². The van der Waals surface area contributed by atoms with Gasteiger partial charge in [0.2, 0.25) is 5.91 Å². The molecule has 0 radical (unpaired) electrons. The van der Waals surface area contributed by atoms with Crippen molar-refractivity contribution in [2.75, 3.05) is 13.1 Å². The second-order valence-electron chi connectivity index (χ2n) is 5.75. The van der Waals surface area contributed by atoms with E-state index in [0.717, 1.165) is 25.7 Å². The fourth-order valence-electron chi connectivity index (χ4n) is 2.92. The van der Waals surface area contributed by atoms with Crippen molar-refractivity contribution < 1.29 is 14.7 Å². The minimum atomic E-state index is -0.771. The molecule has 3 unspecified atom stereocenters. The first-order chi connectivity index (χ1) is 8.49. The molecule has 1 amide bonds. The summed E-state index contributed by atoms with van der Waals surface area (Å²) in [5, 5.41) is 8.91. The SMILES string of the molecule is CC(C(=O)O)C1CN(C(=O)C2CCCC(N)C2)C1. The van der Waals surface area contributed by atoms with Crippen LogP contribution in [0.3, 0.4) is 0 Å². The molecule has 5 heteroatoms. The Morgan fingerprint density at radius 2 is 2.00 bits per heavy atom. The summed E-state index contributed by atoms with van der Waals surface area (Å²) in [4.78, 5) is 24.8. The predicted molar refractivity (Wildman–Crippen MR) is 66.8 cm³/mol. The van der Waals surface area contributed by atoms with Crippen molar-refractivity contribution in [3.8, 4) is 0 Å². The van der Waals surface area contributed by atoms with Crippen LogP contribution in [0.1, 0.15) is 32.6 Å². The van der Waals surface area contributed by atoms with Gasteiger partial charge in [0.25, 0.3) is 0 Å². The molecule has 0 aromatic rings. The van der Waals surface area contributed by atoms with Crippen molar-refractivity contribution in [2.45, 2.75) is 38.6 Å². The van der Waals surface area contributed by atoms with Gasteiger partial charge in [0.1, 0.15) is 0 Å². The number of nitrogens with zero attached hydrogens (tertiary/aromatic N) is 1. The molecule has 18 heavy (non-hydrogen) atoms. The van der Waals surface area contributed by atoms with Crippen LogP contribution in [0, 0.1) is 17.8 Å². The fraction of sp³-hybridized carbons (Fsp3) is 0.846. The minimum Gasteiger partial charge on any atom is -0.481 e. The molecule has 0 spiro atoms. The highest BCUT2D eigenvalue weighted by Gasteiger charge is 2.39. The average molecular weight is 254 g/mol. The summed E-state index contributed by atoms with van der Waals surface area (Å²) < 4.78 is 0. The van der Waals surface area contributed by atoms with E-state index in [9.17, 15) is 9.59 Å². The Kier molecular flexibility index (Phi) is 3.90. The summed E-state index contributed by atoms with van der Waals surface area (Å²) in [5.74, 6) is -0.771. The van der Waals surface area contributed by atoms with Crippen molar-refractivity contribution >= 4 is 11.9 Å². The molecule has 1 heterocycles. The Bertz CT molecular complexity index is 339. The highest BCUT2D eigenvalue weighted by atomic mass is 16.4. The molecule has 2 aliphatic rings. The average Bonchev–Trinajstić information content (AvgIpc) is 2.26. The summed E-state index contributed by atoms with van der Waals surface area (Å²) in [5.41, 5.74) is 5.89. The Labute approximate surface area is 107 Å². The first kappa shape index (κ1) is 13.3. The molecule has 2 rings (SSSR count). The second kappa shape index (κ2) is 5.26. The van der Waals surface area contributed by atoms with Crippen molar-refractivity contribution in [3.05, 3.63) is 0 Å². The van der Waals surface area contributed by atoms with E-state index in [4.69, 9.17) is 10.8 Å². The number of amides is 1. The number of rotatable bonds is 3. The summed E-state index contributed by atoms with van der Waals surface area (Å²) in [6, 6.07) is 0.155. The lowest BCUT2D eigenvalue weighted by Gasteiger charge is -2.43. The maximum absolute atomic E-state index is 12.2. The lowest BCUT2D eigenvalue weighted by Crippen LogP contribution is -2.55. The van der Waals surface area contributed by atoms with Crippen LogP contribution in [0.5, 0.6) is 0 Å². The smallest absolute Gasteiger partial charge is 0.306 e. The van der Waals surface area contributed by atoms with Crippen LogP contribution in [0.25, 0.3) is 0 Å². The van der Waals surface area contributed by atoms with Gasteiger partial charge in [-0.25, -0.2) is 0 Å². The van der Waals surface area contributed by atoms with Gasteiger partial charge in [-0.05, 0) is 19.3 Å². The third kappa shape index (κ3) is 2.66. The second-order valence-corrected chi connectivity index (χ2v) is 5.75. The van der Waals surface area contributed by atoms with Crippen LogP contribution >= 0.6 is 0 Å². The number of hydrogen-bond acceptors (Lipinski definition) is 3. The molecule has 2 fully saturated rings. The molecule has 1 aliphatic heterocycles. The van der Waals surface area contributed by atoms with Gasteiger partial charge in [-0.3, -0.25) is 9.59 Å². The number of carboxylic acid groups (broad SMARTS) is 1. The maximum atomic E-state index is 12.2. The van der Waals surface area contributed by atoms with E-state index in [0.29, 0.717) is 13.1 Å². The molecule has 3 atom stereocenters. The van der Waals surface area contributed by atoms with E-state index < -0.39 is 5.97 Å². The number of hydrogen-bond donors (Lipinski definition) is 2. The summed E-state index contributed by atoms with van der Waals surface area (Å²) in [6.07, 6.45) is 3.76. The zero-order valence-electron chi connectivity index (χ0n) is 10.8. The van der Waals surface area contributed by atoms with E-state index in [1.54, 1.807) is 11.8 Å². The lowest BCUT2D eigenvalue weighted by atomic mass is 9.82. The lowest BCUT2D eigenvalue weighted by molar-refractivity contribution is -0.153. The van der Waals surface area contributed by atoms with Gasteiger partial charge >= 0.3 is 5.97 Å². The van der Waals surface area contributed by atoms with E-state index in [-0.39, 0.29) is 29.7 Å². The quantitative estimate of drug-likeness (QED) is 0.776. The number of likely N-dealkylation sites (tertiary alicyclic amines) is 1. The topological polar surface area (TPSA) is 83.6 Å². The van der Waals surface area contributed by atoms with Gasteiger partial charge in [0, 0.05) is 31.0 Å². The first-order valence-electron chi connectivity index (χ1n) is 6.76. The number of carbonyl (C=O) groups is 2. The van der Waals surface area contributed by atoms with Gasteiger partial charge in [0.05, 0.1) is 5.92 Å². The van der Waals surface area contributed by atoms with Crippen LogP contribution in [-0.2, 0) is 9.59 Å². The fourth-order valence-corrected chi connectivity index (χ4v) is 2.92. The van der Waals surface area contributed by atoms with Gasteiger partial charge in [0.15, 0.2) is 0 Å². The monoisotopic (exact) mass is 254 g/mol. The number of carboxylic acids is 1. The van der Waals surface area contributed by atoms with Gasteiger partial charge < -0.3 is 15.7 Å². The van der Waals surface area contributed by atoms with Crippen LogP contribution in [0.4, 0.5) is 0 Å². The molecule has 3 N–H and O–H groups in total. The third-order valence-corrected chi connectivity index (χ3v) is 4.38. The van der Waals surface area contributed by atoms with Gasteiger partial charge in [-0.1, -0.05) is 13.3 Å². The molecule has 0 aromatic heterocycles. The Hall–Kier alpha value is -1.10. The van der Waals surface area contributed by atoms with Crippen LogP contribution in [-0.4, -0.2) is 41.0 Å². The molecule has 5 nitrogen and oxygen atoms in total. The molecule has 0 bridgehead atoms. The van der Waals surface area contributed by atoms with Crippen molar-refractivity contribution in [1.82, 2.24) is 4.90 Å². The maximum Gasteiger partial charge on any atom is 0.306 e. The largest absolute Gasteiger partial charge is 0.481 e. The molecule has 102 valence electrons. The normalized spacial score (nSPS) is 30.7. The highest BCUT2D eigenvalue weighted by Crippen LogP contribution is 2.30. The Balaban J connectivity index is 1.81. The van der Waals surface area contributed by atoms with Crippen LogP contribution in [0.15, 0.2) is 0 Å². The zero-order valence-corrected chi connectivity index (χ0v) is 10.8. The third-order valence-electron chi connectivity index (χ3n) is 4.38. The number of nitrogens with two attached hydrogens (primary N) is 1. The standard InChI is InChI=1S/C13H22N2O3/c1-8(13(17)18)10-6-15(7-10)12(16)9-3-2-4-11(14)5-9/h8-11H,2-7,14H2,1H3,(H,17,18). The van der Waals surface area contributed by atoms with E-state index in [1.165, 1.54) is 0 Å². The summed E-state index contributed by atoms with van der Waals surface area (Å²) in [7, 11) is 0. The van der Waals surface area contributed by atoms with E-state index in [2.05, 4.69) is 0 Å². The highest BCUT2D eigenvalue weighted by molar-refractivity contribution is 5.80. The molecular formula is C13H22N2O3. The Morgan fingerprint density at radius 1 is 1.33 bits per heavy atom. The van der Waals surface area contributed by atoms with Crippen LogP contribution < -0.4 is 5.73 Å². The van der Waals surface area contributed by atoms with Gasteiger partial charge in [-0.15, -0.1) is 0 Å². The summed E-state index contributed by atoms with van der Waals surface area (Å²) in [6.45, 7) is 2.90. The van der Waals surface area contributed by atoms with E-state index in [1.807, 2.05) is 0 Å². The van der Waals surface area contributed by atoms with Crippen LogP contribution in [0.2, 0.25) is 0 Å².